The van der Waals surface area contributed by atoms with Crippen molar-refractivity contribution in [2.75, 3.05) is 20.1 Å². The lowest BCUT2D eigenvalue weighted by molar-refractivity contribution is 0.298. The van der Waals surface area contributed by atoms with Crippen LogP contribution >= 0.6 is 11.6 Å². The van der Waals surface area contributed by atoms with Crippen LogP contribution in [0.15, 0.2) is 12.1 Å². The summed E-state index contributed by atoms with van der Waals surface area (Å²) < 4.78 is 14.0. The summed E-state index contributed by atoms with van der Waals surface area (Å²) in [6, 6.07) is 2.65. The third-order valence-corrected chi connectivity index (χ3v) is 3.70. The van der Waals surface area contributed by atoms with Gasteiger partial charge < -0.3 is 10.8 Å². The maximum atomic E-state index is 14.0. The first-order chi connectivity index (χ1) is 8.04. The van der Waals surface area contributed by atoms with Crippen LogP contribution in [0.25, 0.3) is 0 Å². The topological polar surface area (TPSA) is 49.5 Å². The van der Waals surface area contributed by atoms with E-state index in [1.54, 1.807) is 0 Å². The van der Waals surface area contributed by atoms with Crippen LogP contribution in [0.5, 0.6) is 5.75 Å². The van der Waals surface area contributed by atoms with Gasteiger partial charge in [-0.3, -0.25) is 4.90 Å². The highest BCUT2D eigenvalue weighted by Gasteiger charge is 2.33. The van der Waals surface area contributed by atoms with E-state index >= 15 is 0 Å². The van der Waals surface area contributed by atoms with Crippen molar-refractivity contribution < 1.29 is 9.50 Å². The van der Waals surface area contributed by atoms with Gasteiger partial charge in [0.15, 0.2) is 0 Å². The second kappa shape index (κ2) is 4.80. The Hall–Kier alpha value is -0.840. The van der Waals surface area contributed by atoms with Gasteiger partial charge in [0, 0.05) is 18.2 Å². The molecule has 1 aliphatic heterocycles. The zero-order valence-corrected chi connectivity index (χ0v) is 10.4. The average molecular weight is 259 g/mol. The van der Waals surface area contributed by atoms with Crippen LogP contribution in [0.4, 0.5) is 4.39 Å². The van der Waals surface area contributed by atoms with E-state index in [1.807, 2.05) is 11.9 Å². The molecule has 0 spiro atoms. The van der Waals surface area contributed by atoms with Gasteiger partial charge >= 0.3 is 0 Å². The molecule has 0 bridgehead atoms. The van der Waals surface area contributed by atoms with Crippen LogP contribution in [0.3, 0.4) is 0 Å². The highest BCUT2D eigenvalue weighted by Crippen LogP contribution is 2.40. The lowest BCUT2D eigenvalue weighted by Gasteiger charge is -2.21. The third kappa shape index (κ3) is 2.25. The standard InChI is InChI=1S/C12H16ClFN2O/c1-16-6-7(5-15)4-9(16)11-10(17)3-2-8(13)12(11)14/h2-3,7,9,17H,4-6,15H2,1H3. The molecule has 5 heteroatoms. The molecule has 0 aromatic heterocycles. The summed E-state index contributed by atoms with van der Waals surface area (Å²) in [5.74, 6) is -0.231. The molecule has 3 nitrogen and oxygen atoms in total. The molecule has 17 heavy (non-hydrogen) atoms. The predicted molar refractivity (Wildman–Crippen MR) is 65.6 cm³/mol. The van der Waals surface area contributed by atoms with Gasteiger partial charge in [-0.25, -0.2) is 4.39 Å². The predicted octanol–water partition coefficient (Wildman–Crippen LogP) is 2.14. The van der Waals surface area contributed by atoms with E-state index < -0.39 is 5.82 Å². The number of hydrogen-bond donors (Lipinski definition) is 2. The number of nitrogens with two attached hydrogens (primary N) is 1. The summed E-state index contributed by atoms with van der Waals surface area (Å²) in [7, 11) is 1.90. The molecule has 1 aliphatic rings. The molecule has 1 heterocycles. The number of hydrogen-bond acceptors (Lipinski definition) is 3. The van der Waals surface area contributed by atoms with E-state index in [4.69, 9.17) is 17.3 Å². The molecule has 0 saturated carbocycles. The van der Waals surface area contributed by atoms with Crippen LogP contribution in [-0.2, 0) is 0 Å². The summed E-state index contributed by atoms with van der Waals surface area (Å²) in [6.45, 7) is 1.39. The highest BCUT2D eigenvalue weighted by atomic mass is 35.5. The second-order valence-electron chi connectivity index (χ2n) is 4.59. The van der Waals surface area contributed by atoms with E-state index in [2.05, 4.69) is 0 Å². The molecule has 94 valence electrons. The largest absolute Gasteiger partial charge is 0.507 e. The zero-order chi connectivity index (χ0) is 12.6. The van der Waals surface area contributed by atoms with Crippen LogP contribution in [0, 0.1) is 11.7 Å². The molecular weight excluding hydrogens is 243 g/mol. The first kappa shape index (κ1) is 12.6. The maximum Gasteiger partial charge on any atom is 0.150 e. The van der Waals surface area contributed by atoms with Crippen molar-refractivity contribution in [2.24, 2.45) is 11.7 Å². The Balaban J connectivity index is 2.37. The number of phenolic OH excluding ortho intramolecular Hbond substituents is 1. The Labute approximate surface area is 105 Å². The van der Waals surface area contributed by atoms with Crippen molar-refractivity contribution >= 4 is 11.6 Å². The lowest BCUT2D eigenvalue weighted by atomic mass is 9.98. The van der Waals surface area contributed by atoms with Crippen LogP contribution in [0.1, 0.15) is 18.0 Å². The zero-order valence-electron chi connectivity index (χ0n) is 9.66. The molecule has 1 aromatic carbocycles. The van der Waals surface area contributed by atoms with Crippen LogP contribution < -0.4 is 5.73 Å². The second-order valence-corrected chi connectivity index (χ2v) is 4.99. The molecule has 3 N–H and O–H groups in total. The molecule has 1 fully saturated rings. The van der Waals surface area contributed by atoms with Crippen molar-refractivity contribution in [3.05, 3.63) is 28.5 Å². The molecule has 0 radical (unpaired) electrons. The van der Waals surface area contributed by atoms with Gasteiger partial charge in [-0.15, -0.1) is 0 Å². The molecule has 0 amide bonds. The van der Waals surface area contributed by atoms with Crippen LogP contribution in [-0.4, -0.2) is 30.1 Å². The Morgan fingerprint density at radius 3 is 2.88 bits per heavy atom. The number of likely N-dealkylation sites (tertiary alicyclic amines) is 1. The number of rotatable bonds is 2. The number of phenols is 1. The van der Waals surface area contributed by atoms with E-state index in [0.29, 0.717) is 12.5 Å². The van der Waals surface area contributed by atoms with E-state index in [9.17, 15) is 9.50 Å². The van der Waals surface area contributed by atoms with Crippen molar-refractivity contribution in [1.82, 2.24) is 4.90 Å². The van der Waals surface area contributed by atoms with Crippen molar-refractivity contribution in [3.8, 4) is 5.75 Å². The molecule has 2 unspecified atom stereocenters. The smallest absolute Gasteiger partial charge is 0.150 e. The summed E-state index contributed by atoms with van der Waals surface area (Å²) in [4.78, 5) is 2.01. The van der Waals surface area contributed by atoms with Gasteiger partial charge in [-0.2, -0.15) is 0 Å². The lowest BCUT2D eigenvalue weighted by Crippen LogP contribution is -2.21. The number of nitrogens with zero attached hydrogens (tertiary/aromatic N) is 1. The third-order valence-electron chi connectivity index (χ3n) is 3.41. The minimum absolute atomic E-state index is 0.0404. The van der Waals surface area contributed by atoms with Gasteiger partial charge in [0.1, 0.15) is 11.6 Å². The van der Waals surface area contributed by atoms with Gasteiger partial charge in [0.05, 0.1) is 5.02 Å². The molecule has 2 rings (SSSR count). The molecule has 1 aromatic rings. The fourth-order valence-electron chi connectivity index (χ4n) is 2.49. The Bertz CT molecular complexity index is 427. The Morgan fingerprint density at radius 1 is 1.59 bits per heavy atom. The minimum atomic E-state index is -0.527. The number of halogens is 2. The molecule has 2 atom stereocenters. The summed E-state index contributed by atoms with van der Waals surface area (Å²) >= 11 is 5.75. The molecule has 1 saturated heterocycles. The number of benzene rings is 1. The summed E-state index contributed by atoms with van der Waals surface area (Å²) in [6.07, 6.45) is 0.748. The highest BCUT2D eigenvalue weighted by molar-refractivity contribution is 6.30. The SMILES string of the molecule is CN1CC(CN)CC1c1c(O)ccc(Cl)c1F. The van der Waals surface area contributed by atoms with E-state index in [0.717, 1.165) is 13.0 Å². The van der Waals surface area contributed by atoms with Gasteiger partial charge in [0.25, 0.3) is 0 Å². The van der Waals surface area contributed by atoms with Crippen molar-refractivity contribution in [1.29, 1.82) is 0 Å². The number of aromatic hydroxyl groups is 1. The first-order valence-corrected chi connectivity index (χ1v) is 5.99. The van der Waals surface area contributed by atoms with E-state index in [1.165, 1.54) is 12.1 Å². The van der Waals surface area contributed by atoms with Crippen LogP contribution in [0.2, 0.25) is 5.02 Å². The van der Waals surface area contributed by atoms with Gasteiger partial charge in [-0.1, -0.05) is 11.6 Å². The summed E-state index contributed by atoms with van der Waals surface area (Å²) in [5, 5.41) is 9.84. The monoisotopic (exact) mass is 258 g/mol. The van der Waals surface area contributed by atoms with Gasteiger partial charge in [-0.05, 0) is 38.1 Å². The Morgan fingerprint density at radius 2 is 2.29 bits per heavy atom. The molecular formula is C12H16ClFN2O. The normalized spacial score (nSPS) is 25.4. The van der Waals surface area contributed by atoms with E-state index in [-0.39, 0.29) is 22.4 Å². The van der Waals surface area contributed by atoms with Crippen molar-refractivity contribution in [2.45, 2.75) is 12.5 Å². The first-order valence-electron chi connectivity index (χ1n) is 5.61. The fourth-order valence-corrected chi connectivity index (χ4v) is 2.65. The fraction of sp³-hybridized carbons (Fsp3) is 0.500. The van der Waals surface area contributed by atoms with Gasteiger partial charge in [0.2, 0.25) is 0 Å². The quantitative estimate of drug-likeness (QED) is 0.855. The maximum absolute atomic E-state index is 14.0. The molecule has 0 aliphatic carbocycles. The Kier molecular flexibility index (Phi) is 3.56. The average Bonchev–Trinajstić information content (AvgIpc) is 2.66. The van der Waals surface area contributed by atoms with Crippen molar-refractivity contribution in [3.63, 3.8) is 0 Å². The summed E-state index contributed by atoms with van der Waals surface area (Å²) in [5.41, 5.74) is 5.92. The minimum Gasteiger partial charge on any atom is -0.507 e.